The zero-order valence-electron chi connectivity index (χ0n) is 17.0. The van der Waals surface area contributed by atoms with Gasteiger partial charge < -0.3 is 20.4 Å². The van der Waals surface area contributed by atoms with Crippen LogP contribution >= 0.6 is 0 Å². The largest absolute Gasteiger partial charge is 0.356 e. The quantitative estimate of drug-likeness (QED) is 0.425. The lowest BCUT2D eigenvalue weighted by Crippen LogP contribution is -2.43. The predicted molar refractivity (Wildman–Crippen MR) is 112 cm³/mol. The van der Waals surface area contributed by atoms with E-state index in [1.165, 1.54) is 37.9 Å². The number of benzene rings is 1. The van der Waals surface area contributed by atoms with E-state index in [-0.39, 0.29) is 0 Å². The molecule has 1 aromatic rings. The standard InChI is InChI=1S/C21H37N5/c1-18-11-8-9-15-26(18)16-10-14-23-21(22-2)24-17-20(25(3)4)19-12-6-5-7-13-19/h5-7,12-13,18,20H,8-11,14-17H2,1-4H3,(H2,22,23,24). The summed E-state index contributed by atoms with van der Waals surface area (Å²) in [5.74, 6) is 0.888. The first-order valence-electron chi connectivity index (χ1n) is 10.0. The van der Waals surface area contributed by atoms with Gasteiger partial charge in [0.2, 0.25) is 0 Å². The van der Waals surface area contributed by atoms with Crippen molar-refractivity contribution >= 4 is 5.96 Å². The highest BCUT2D eigenvalue weighted by Crippen LogP contribution is 2.17. The molecule has 1 aromatic carbocycles. The van der Waals surface area contributed by atoms with E-state index in [1.807, 2.05) is 7.05 Å². The molecule has 5 nitrogen and oxygen atoms in total. The second kappa shape index (κ2) is 11.2. The van der Waals surface area contributed by atoms with Crippen LogP contribution in [-0.2, 0) is 0 Å². The first kappa shape index (κ1) is 20.7. The van der Waals surface area contributed by atoms with Gasteiger partial charge in [-0.2, -0.15) is 0 Å². The number of rotatable bonds is 8. The van der Waals surface area contributed by atoms with Crippen LogP contribution in [0.3, 0.4) is 0 Å². The maximum atomic E-state index is 4.37. The fraction of sp³-hybridized carbons (Fsp3) is 0.667. The smallest absolute Gasteiger partial charge is 0.191 e. The molecule has 0 aliphatic carbocycles. The number of nitrogens with zero attached hydrogens (tertiary/aromatic N) is 3. The monoisotopic (exact) mass is 359 g/mol. The second-order valence-electron chi connectivity index (χ2n) is 7.50. The number of hydrogen-bond acceptors (Lipinski definition) is 3. The number of nitrogens with one attached hydrogen (secondary N) is 2. The molecule has 1 saturated heterocycles. The molecule has 26 heavy (non-hydrogen) atoms. The van der Waals surface area contributed by atoms with Crippen LogP contribution in [0.1, 0.15) is 44.2 Å². The van der Waals surface area contributed by atoms with Gasteiger partial charge in [-0.25, -0.2) is 0 Å². The Bertz CT molecular complexity index is 528. The van der Waals surface area contributed by atoms with Crippen molar-refractivity contribution in [2.45, 2.75) is 44.7 Å². The number of piperidine rings is 1. The van der Waals surface area contributed by atoms with Crippen LogP contribution in [0, 0.1) is 0 Å². The van der Waals surface area contributed by atoms with Crippen LogP contribution in [0.4, 0.5) is 0 Å². The normalized spacial score (nSPS) is 20.2. The van der Waals surface area contributed by atoms with E-state index in [9.17, 15) is 0 Å². The Kier molecular flexibility index (Phi) is 8.92. The van der Waals surface area contributed by atoms with E-state index < -0.39 is 0 Å². The van der Waals surface area contributed by atoms with Gasteiger partial charge in [0.05, 0.1) is 6.04 Å². The Balaban J connectivity index is 1.73. The summed E-state index contributed by atoms with van der Waals surface area (Å²) < 4.78 is 0. The molecule has 1 heterocycles. The average molecular weight is 360 g/mol. The van der Waals surface area contributed by atoms with E-state index in [0.29, 0.717) is 6.04 Å². The van der Waals surface area contributed by atoms with E-state index in [0.717, 1.165) is 31.5 Å². The van der Waals surface area contributed by atoms with Crippen molar-refractivity contribution in [3.8, 4) is 0 Å². The molecule has 5 heteroatoms. The second-order valence-corrected chi connectivity index (χ2v) is 7.50. The minimum absolute atomic E-state index is 0.323. The van der Waals surface area contributed by atoms with Crippen LogP contribution in [0.2, 0.25) is 0 Å². The lowest BCUT2D eigenvalue weighted by molar-refractivity contribution is 0.159. The van der Waals surface area contributed by atoms with Crippen molar-refractivity contribution in [2.75, 3.05) is 47.3 Å². The third-order valence-corrected chi connectivity index (χ3v) is 5.35. The van der Waals surface area contributed by atoms with Crippen LogP contribution in [-0.4, -0.2) is 69.1 Å². The molecular weight excluding hydrogens is 322 g/mol. The summed E-state index contributed by atoms with van der Waals surface area (Å²) in [6.45, 7) is 6.59. The van der Waals surface area contributed by atoms with Crippen LogP contribution in [0.15, 0.2) is 35.3 Å². The maximum Gasteiger partial charge on any atom is 0.191 e. The van der Waals surface area contributed by atoms with Gasteiger partial charge in [-0.15, -0.1) is 0 Å². The van der Waals surface area contributed by atoms with Crippen molar-refractivity contribution in [3.63, 3.8) is 0 Å². The lowest BCUT2D eigenvalue weighted by atomic mass is 10.0. The molecule has 1 aliphatic rings. The highest BCUT2D eigenvalue weighted by Gasteiger charge is 2.17. The number of hydrogen-bond donors (Lipinski definition) is 2. The molecule has 2 atom stereocenters. The van der Waals surface area contributed by atoms with E-state index in [4.69, 9.17) is 0 Å². The van der Waals surface area contributed by atoms with Crippen molar-refractivity contribution in [1.82, 2.24) is 20.4 Å². The summed E-state index contributed by atoms with van der Waals surface area (Å²) in [6.07, 6.45) is 5.25. The van der Waals surface area contributed by atoms with Gasteiger partial charge in [-0.3, -0.25) is 4.99 Å². The summed E-state index contributed by atoms with van der Waals surface area (Å²) in [6, 6.07) is 11.7. The van der Waals surface area contributed by atoms with Gasteiger partial charge in [0.25, 0.3) is 0 Å². The molecule has 0 saturated carbocycles. The highest BCUT2D eigenvalue weighted by atomic mass is 15.2. The van der Waals surface area contributed by atoms with Crippen molar-refractivity contribution < 1.29 is 0 Å². The molecule has 0 spiro atoms. The minimum Gasteiger partial charge on any atom is -0.356 e. The van der Waals surface area contributed by atoms with Gasteiger partial charge in [0.15, 0.2) is 5.96 Å². The first-order valence-corrected chi connectivity index (χ1v) is 10.0. The summed E-state index contributed by atoms with van der Waals surface area (Å²) >= 11 is 0. The zero-order valence-corrected chi connectivity index (χ0v) is 17.0. The highest BCUT2D eigenvalue weighted by molar-refractivity contribution is 5.79. The fourth-order valence-electron chi connectivity index (χ4n) is 3.67. The predicted octanol–water partition coefficient (Wildman–Crippen LogP) is 2.72. The van der Waals surface area contributed by atoms with Gasteiger partial charge >= 0.3 is 0 Å². The van der Waals surface area contributed by atoms with E-state index in [2.05, 4.69) is 76.8 Å². The SMILES string of the molecule is CN=C(NCCCN1CCCCC1C)NCC(c1ccccc1)N(C)C. The molecule has 0 aromatic heterocycles. The maximum absolute atomic E-state index is 4.37. The topological polar surface area (TPSA) is 42.9 Å². The molecule has 2 rings (SSSR count). The Morgan fingerprint density at radius 1 is 1.23 bits per heavy atom. The van der Waals surface area contributed by atoms with Gasteiger partial charge in [-0.05, 0) is 52.4 Å². The third-order valence-electron chi connectivity index (χ3n) is 5.35. The molecule has 0 radical (unpaired) electrons. The third kappa shape index (κ3) is 6.61. The summed E-state index contributed by atoms with van der Waals surface area (Å²) in [5, 5.41) is 6.94. The van der Waals surface area contributed by atoms with Crippen LogP contribution < -0.4 is 10.6 Å². The molecule has 2 unspecified atom stereocenters. The molecule has 1 aliphatic heterocycles. The average Bonchev–Trinajstić information content (AvgIpc) is 2.65. The Morgan fingerprint density at radius 2 is 2.00 bits per heavy atom. The van der Waals surface area contributed by atoms with Gasteiger partial charge in [0, 0.05) is 32.7 Å². The van der Waals surface area contributed by atoms with Crippen LogP contribution in [0.25, 0.3) is 0 Å². The van der Waals surface area contributed by atoms with Gasteiger partial charge in [0.1, 0.15) is 0 Å². The van der Waals surface area contributed by atoms with Crippen molar-refractivity contribution in [1.29, 1.82) is 0 Å². The Morgan fingerprint density at radius 3 is 2.65 bits per heavy atom. The lowest BCUT2D eigenvalue weighted by Gasteiger charge is -2.33. The van der Waals surface area contributed by atoms with E-state index >= 15 is 0 Å². The Hall–Kier alpha value is -1.59. The Labute approximate surface area is 159 Å². The summed E-state index contributed by atoms with van der Waals surface area (Å²) in [5.41, 5.74) is 1.32. The molecule has 0 amide bonds. The number of likely N-dealkylation sites (tertiary alicyclic amines) is 1. The first-order chi connectivity index (χ1) is 12.6. The molecule has 2 N–H and O–H groups in total. The van der Waals surface area contributed by atoms with Crippen LogP contribution in [0.5, 0.6) is 0 Å². The molecule has 0 bridgehead atoms. The summed E-state index contributed by atoms with van der Waals surface area (Å²) in [7, 11) is 6.08. The van der Waals surface area contributed by atoms with E-state index in [1.54, 1.807) is 0 Å². The molecule has 146 valence electrons. The minimum atomic E-state index is 0.323. The van der Waals surface area contributed by atoms with Gasteiger partial charge in [-0.1, -0.05) is 36.8 Å². The zero-order chi connectivity index (χ0) is 18.8. The summed E-state index contributed by atoms with van der Waals surface area (Å²) in [4.78, 5) is 9.24. The number of guanidine groups is 1. The number of likely N-dealkylation sites (N-methyl/N-ethyl adjacent to an activating group) is 1. The van der Waals surface area contributed by atoms with Crippen molar-refractivity contribution in [3.05, 3.63) is 35.9 Å². The molecular formula is C21H37N5. The number of aliphatic imine (C=N–C) groups is 1. The van der Waals surface area contributed by atoms with Crippen molar-refractivity contribution in [2.24, 2.45) is 4.99 Å². The molecule has 1 fully saturated rings. The fourth-order valence-corrected chi connectivity index (χ4v) is 3.67.